The van der Waals surface area contributed by atoms with Crippen LogP contribution in [-0.4, -0.2) is 39.2 Å². The fraction of sp³-hybridized carbons (Fsp3) is 0.400. The third-order valence-corrected chi connectivity index (χ3v) is 2.05. The SMILES string of the molecule is OC[C@@H](O)[C@H](O)C(O)c1ccccc1. The van der Waals surface area contributed by atoms with Crippen LogP contribution in [0.3, 0.4) is 0 Å². The summed E-state index contributed by atoms with van der Waals surface area (Å²) < 4.78 is 0. The second kappa shape index (κ2) is 5.07. The third-order valence-electron chi connectivity index (χ3n) is 2.05. The lowest BCUT2D eigenvalue weighted by molar-refractivity contribution is -0.0776. The molecule has 0 radical (unpaired) electrons. The molecule has 0 aromatic heterocycles. The van der Waals surface area contributed by atoms with Gasteiger partial charge in [-0.05, 0) is 5.56 Å². The van der Waals surface area contributed by atoms with E-state index in [0.717, 1.165) is 0 Å². The van der Waals surface area contributed by atoms with E-state index in [1.807, 2.05) is 0 Å². The van der Waals surface area contributed by atoms with E-state index >= 15 is 0 Å². The number of benzene rings is 1. The molecule has 0 aliphatic carbocycles. The molecule has 0 fully saturated rings. The summed E-state index contributed by atoms with van der Waals surface area (Å²) in [6.07, 6.45) is -3.88. The molecule has 1 aromatic rings. The Morgan fingerprint density at radius 3 is 2.07 bits per heavy atom. The molecule has 0 spiro atoms. The van der Waals surface area contributed by atoms with Crippen LogP contribution in [0.25, 0.3) is 0 Å². The first-order chi connectivity index (χ1) is 6.66. The topological polar surface area (TPSA) is 80.9 Å². The Morgan fingerprint density at radius 1 is 1.00 bits per heavy atom. The van der Waals surface area contributed by atoms with E-state index < -0.39 is 24.9 Å². The minimum Gasteiger partial charge on any atom is -0.394 e. The zero-order valence-corrected chi connectivity index (χ0v) is 7.61. The van der Waals surface area contributed by atoms with Gasteiger partial charge in [-0.1, -0.05) is 30.3 Å². The molecule has 0 aliphatic rings. The van der Waals surface area contributed by atoms with Crippen LogP contribution in [0.4, 0.5) is 0 Å². The summed E-state index contributed by atoms with van der Waals surface area (Å²) in [4.78, 5) is 0. The number of hydrogen-bond donors (Lipinski definition) is 4. The lowest BCUT2D eigenvalue weighted by Crippen LogP contribution is -2.34. The van der Waals surface area contributed by atoms with Crippen LogP contribution in [0.2, 0.25) is 0 Å². The maximum Gasteiger partial charge on any atom is 0.112 e. The van der Waals surface area contributed by atoms with Gasteiger partial charge in [0.1, 0.15) is 18.3 Å². The second-order valence-corrected chi connectivity index (χ2v) is 3.10. The first kappa shape index (κ1) is 11.1. The van der Waals surface area contributed by atoms with Gasteiger partial charge >= 0.3 is 0 Å². The van der Waals surface area contributed by atoms with Crippen LogP contribution in [0.1, 0.15) is 11.7 Å². The molecule has 0 bridgehead atoms. The first-order valence-electron chi connectivity index (χ1n) is 4.37. The highest BCUT2D eigenvalue weighted by Gasteiger charge is 2.24. The third kappa shape index (κ3) is 2.52. The molecule has 1 rings (SSSR count). The number of hydrogen-bond acceptors (Lipinski definition) is 4. The fourth-order valence-electron chi connectivity index (χ4n) is 1.17. The Kier molecular flexibility index (Phi) is 4.03. The van der Waals surface area contributed by atoms with Gasteiger partial charge in [-0.3, -0.25) is 0 Å². The van der Waals surface area contributed by atoms with E-state index in [2.05, 4.69) is 0 Å². The van der Waals surface area contributed by atoms with Crippen LogP contribution in [-0.2, 0) is 0 Å². The number of rotatable bonds is 4. The van der Waals surface area contributed by atoms with Crippen LogP contribution >= 0.6 is 0 Å². The summed E-state index contributed by atoms with van der Waals surface area (Å²) in [5, 5.41) is 36.6. The van der Waals surface area contributed by atoms with Crippen molar-refractivity contribution in [3.8, 4) is 0 Å². The molecule has 14 heavy (non-hydrogen) atoms. The quantitative estimate of drug-likeness (QED) is 0.522. The molecule has 4 heteroatoms. The molecular formula is C10H14O4. The van der Waals surface area contributed by atoms with Crippen molar-refractivity contribution in [2.24, 2.45) is 0 Å². The molecule has 4 N–H and O–H groups in total. The van der Waals surface area contributed by atoms with Crippen LogP contribution in [0, 0.1) is 0 Å². The summed E-state index contributed by atoms with van der Waals surface area (Å²) in [5.74, 6) is 0. The van der Waals surface area contributed by atoms with Crippen molar-refractivity contribution in [3.05, 3.63) is 35.9 Å². The molecule has 3 atom stereocenters. The first-order valence-corrected chi connectivity index (χ1v) is 4.37. The van der Waals surface area contributed by atoms with Crippen LogP contribution in [0.5, 0.6) is 0 Å². The summed E-state index contributed by atoms with van der Waals surface area (Å²) in [5.41, 5.74) is 0.507. The Bertz CT molecular complexity index is 262. The lowest BCUT2D eigenvalue weighted by Gasteiger charge is -2.21. The van der Waals surface area contributed by atoms with Crippen molar-refractivity contribution in [2.75, 3.05) is 6.61 Å². The van der Waals surface area contributed by atoms with E-state index in [-0.39, 0.29) is 0 Å². The van der Waals surface area contributed by atoms with E-state index in [4.69, 9.17) is 10.2 Å². The second-order valence-electron chi connectivity index (χ2n) is 3.10. The van der Waals surface area contributed by atoms with Crippen LogP contribution < -0.4 is 0 Å². The lowest BCUT2D eigenvalue weighted by atomic mass is 10.0. The van der Waals surface area contributed by atoms with Gasteiger partial charge in [0.2, 0.25) is 0 Å². The fourth-order valence-corrected chi connectivity index (χ4v) is 1.17. The zero-order chi connectivity index (χ0) is 10.6. The molecule has 1 unspecified atom stereocenters. The van der Waals surface area contributed by atoms with Crippen LogP contribution in [0.15, 0.2) is 30.3 Å². The minimum absolute atomic E-state index is 0.507. The van der Waals surface area contributed by atoms with Gasteiger partial charge in [0.15, 0.2) is 0 Å². The predicted octanol–water partition coefficient (Wildman–Crippen LogP) is -0.566. The summed E-state index contributed by atoms with van der Waals surface area (Å²) >= 11 is 0. The number of aliphatic hydroxyl groups is 4. The Balaban J connectivity index is 2.70. The molecule has 4 nitrogen and oxygen atoms in total. The standard InChI is InChI=1S/C10H14O4/c11-6-8(12)10(14)9(13)7-4-2-1-3-5-7/h1-5,8-14H,6H2/t8-,9?,10+/m1/s1. The van der Waals surface area contributed by atoms with Crippen molar-refractivity contribution < 1.29 is 20.4 Å². The van der Waals surface area contributed by atoms with Crippen molar-refractivity contribution in [3.63, 3.8) is 0 Å². The van der Waals surface area contributed by atoms with Gasteiger partial charge in [-0.2, -0.15) is 0 Å². The van der Waals surface area contributed by atoms with E-state index in [0.29, 0.717) is 5.56 Å². The molecule has 0 saturated carbocycles. The van der Waals surface area contributed by atoms with Gasteiger partial charge in [0, 0.05) is 0 Å². The maximum atomic E-state index is 9.57. The number of aliphatic hydroxyl groups excluding tert-OH is 4. The molecule has 0 saturated heterocycles. The minimum atomic E-state index is -1.37. The smallest absolute Gasteiger partial charge is 0.112 e. The summed E-state index contributed by atoms with van der Waals surface area (Å²) in [6.45, 7) is -0.578. The largest absolute Gasteiger partial charge is 0.394 e. The molecule has 0 heterocycles. The molecular weight excluding hydrogens is 184 g/mol. The summed E-state index contributed by atoms with van der Waals surface area (Å²) in [6, 6.07) is 8.49. The van der Waals surface area contributed by atoms with Gasteiger partial charge in [0.25, 0.3) is 0 Å². The highest BCUT2D eigenvalue weighted by atomic mass is 16.4. The summed E-state index contributed by atoms with van der Waals surface area (Å²) in [7, 11) is 0. The van der Waals surface area contributed by atoms with Gasteiger partial charge in [-0.25, -0.2) is 0 Å². The predicted molar refractivity (Wildman–Crippen MR) is 50.5 cm³/mol. The molecule has 78 valence electrons. The van der Waals surface area contributed by atoms with Crippen molar-refractivity contribution in [2.45, 2.75) is 18.3 Å². The maximum absolute atomic E-state index is 9.57. The van der Waals surface area contributed by atoms with E-state index in [1.165, 1.54) is 0 Å². The van der Waals surface area contributed by atoms with Gasteiger partial charge in [0.05, 0.1) is 6.61 Å². The Hall–Kier alpha value is -0.940. The zero-order valence-electron chi connectivity index (χ0n) is 7.61. The van der Waals surface area contributed by atoms with E-state index in [1.54, 1.807) is 30.3 Å². The highest BCUT2D eigenvalue weighted by Crippen LogP contribution is 2.18. The molecule has 1 aromatic carbocycles. The van der Waals surface area contributed by atoms with Gasteiger partial charge < -0.3 is 20.4 Å². The molecule has 0 amide bonds. The monoisotopic (exact) mass is 198 g/mol. The highest BCUT2D eigenvalue weighted by molar-refractivity contribution is 5.18. The van der Waals surface area contributed by atoms with Crippen molar-refractivity contribution >= 4 is 0 Å². The normalized spacial score (nSPS) is 17.4. The van der Waals surface area contributed by atoms with Gasteiger partial charge in [-0.15, -0.1) is 0 Å². The average Bonchev–Trinajstić information content (AvgIpc) is 2.27. The van der Waals surface area contributed by atoms with Crippen molar-refractivity contribution in [1.29, 1.82) is 0 Å². The Morgan fingerprint density at radius 2 is 1.57 bits per heavy atom. The average molecular weight is 198 g/mol. The molecule has 0 aliphatic heterocycles. The Labute approximate surface area is 82.1 Å². The van der Waals surface area contributed by atoms with Crippen molar-refractivity contribution in [1.82, 2.24) is 0 Å². The van der Waals surface area contributed by atoms with E-state index in [9.17, 15) is 10.2 Å².